The van der Waals surface area contributed by atoms with Crippen LogP contribution in [0.5, 0.6) is 5.75 Å². The number of aromatic hydroxyl groups is 1. The molecule has 0 radical (unpaired) electrons. The highest BCUT2D eigenvalue weighted by molar-refractivity contribution is 6.34. The van der Waals surface area contributed by atoms with E-state index >= 15 is 0 Å². The average Bonchev–Trinajstić information content (AvgIpc) is 2.88. The number of alkyl carbamates (subject to hydrolysis) is 1. The van der Waals surface area contributed by atoms with Crippen molar-refractivity contribution in [3.05, 3.63) is 58.1 Å². The summed E-state index contributed by atoms with van der Waals surface area (Å²) < 4.78 is 5.35. The van der Waals surface area contributed by atoms with Crippen LogP contribution in [0.2, 0.25) is 5.02 Å². The van der Waals surface area contributed by atoms with Gasteiger partial charge < -0.3 is 25.4 Å². The number of amides is 3. The lowest BCUT2D eigenvalue weighted by molar-refractivity contribution is -0.140. The lowest BCUT2D eigenvalue weighted by Crippen LogP contribution is -2.51. The largest absolute Gasteiger partial charge is 0.507 e. The number of phenolic OH excluding ortho intramolecular Hbond substituents is 1. The Kier molecular flexibility index (Phi) is 13.0. The Morgan fingerprint density at radius 2 is 1.59 bits per heavy atom. The van der Waals surface area contributed by atoms with Crippen LogP contribution in [0, 0.1) is 13.8 Å². The summed E-state index contributed by atoms with van der Waals surface area (Å²) in [6.07, 6.45) is 5.14. The Labute approximate surface area is 249 Å². The number of hydrogen-bond donors (Lipinski definition) is 3. The van der Waals surface area contributed by atoms with Gasteiger partial charge in [0.1, 0.15) is 23.4 Å². The van der Waals surface area contributed by atoms with Gasteiger partial charge in [-0.05, 0) is 65.2 Å². The van der Waals surface area contributed by atoms with E-state index in [2.05, 4.69) is 17.6 Å². The topological polar surface area (TPSA) is 108 Å². The van der Waals surface area contributed by atoms with Gasteiger partial charge in [0.05, 0.1) is 10.7 Å². The second-order valence-corrected chi connectivity index (χ2v) is 11.9. The van der Waals surface area contributed by atoms with Crippen molar-refractivity contribution in [1.82, 2.24) is 10.2 Å². The lowest BCUT2D eigenvalue weighted by Gasteiger charge is -2.34. The molecular formula is C32H46ClN3O5. The molecule has 3 amide bonds. The molecule has 2 unspecified atom stereocenters. The van der Waals surface area contributed by atoms with Crippen LogP contribution in [0.25, 0.3) is 0 Å². The molecule has 0 aliphatic carbocycles. The predicted molar refractivity (Wildman–Crippen MR) is 164 cm³/mol. The molecule has 0 spiro atoms. The number of benzene rings is 2. The molecule has 2 rings (SSSR count). The molecule has 41 heavy (non-hydrogen) atoms. The summed E-state index contributed by atoms with van der Waals surface area (Å²) in [7, 11) is 0. The second kappa shape index (κ2) is 15.7. The zero-order valence-corrected chi connectivity index (χ0v) is 26.2. The van der Waals surface area contributed by atoms with Gasteiger partial charge in [-0.3, -0.25) is 9.59 Å². The van der Waals surface area contributed by atoms with Crippen LogP contribution in [0.3, 0.4) is 0 Å². The van der Waals surface area contributed by atoms with Crippen LogP contribution in [-0.2, 0) is 14.3 Å². The average molecular weight is 588 g/mol. The number of aryl methyl sites for hydroxylation is 2. The molecule has 0 fully saturated rings. The van der Waals surface area contributed by atoms with Crippen molar-refractivity contribution >= 4 is 35.2 Å². The Hall–Kier alpha value is -3.26. The number of rotatable bonds is 13. The molecule has 0 bridgehead atoms. The van der Waals surface area contributed by atoms with Gasteiger partial charge in [-0.25, -0.2) is 4.79 Å². The minimum Gasteiger partial charge on any atom is -0.507 e. The van der Waals surface area contributed by atoms with E-state index in [1.807, 2.05) is 13.0 Å². The molecule has 2 atom stereocenters. The van der Waals surface area contributed by atoms with Crippen LogP contribution < -0.4 is 10.6 Å². The maximum Gasteiger partial charge on any atom is 0.408 e. The quantitative estimate of drug-likeness (QED) is 0.211. The molecule has 2 aromatic rings. The van der Waals surface area contributed by atoms with Gasteiger partial charge in [-0.2, -0.15) is 0 Å². The van der Waals surface area contributed by atoms with Gasteiger partial charge in [-0.1, -0.05) is 81.0 Å². The number of halogens is 1. The highest BCUT2D eigenvalue weighted by atomic mass is 35.5. The highest BCUT2D eigenvalue weighted by Crippen LogP contribution is 2.34. The van der Waals surface area contributed by atoms with Crippen molar-refractivity contribution in [2.45, 2.75) is 105 Å². The fraction of sp³-hybridized carbons (Fsp3) is 0.531. The summed E-state index contributed by atoms with van der Waals surface area (Å²) in [4.78, 5) is 42.0. The molecule has 2 aromatic carbocycles. The first-order valence-electron chi connectivity index (χ1n) is 14.4. The first-order chi connectivity index (χ1) is 19.3. The van der Waals surface area contributed by atoms with Crippen LogP contribution in [0.1, 0.15) is 95.9 Å². The third kappa shape index (κ3) is 10.3. The fourth-order valence-corrected chi connectivity index (χ4v) is 4.83. The third-order valence-electron chi connectivity index (χ3n) is 6.73. The van der Waals surface area contributed by atoms with E-state index in [0.717, 1.165) is 37.7 Å². The minimum absolute atomic E-state index is 0.0722. The summed E-state index contributed by atoms with van der Waals surface area (Å²) >= 11 is 6.42. The summed E-state index contributed by atoms with van der Waals surface area (Å²) in [5.41, 5.74) is 1.31. The van der Waals surface area contributed by atoms with Gasteiger partial charge in [0.25, 0.3) is 5.91 Å². The first kappa shape index (κ1) is 33.9. The summed E-state index contributed by atoms with van der Waals surface area (Å²) in [6, 6.07) is 8.22. The molecule has 3 N–H and O–H groups in total. The normalized spacial score (nSPS) is 12.8. The molecular weight excluding hydrogens is 542 g/mol. The van der Waals surface area contributed by atoms with Crippen molar-refractivity contribution in [2.75, 3.05) is 11.9 Å². The monoisotopic (exact) mass is 587 g/mol. The molecule has 0 aromatic heterocycles. The van der Waals surface area contributed by atoms with Gasteiger partial charge in [0.2, 0.25) is 5.91 Å². The van der Waals surface area contributed by atoms with Crippen LogP contribution >= 0.6 is 11.6 Å². The summed E-state index contributed by atoms with van der Waals surface area (Å²) in [5.74, 6) is -1.07. The van der Waals surface area contributed by atoms with Gasteiger partial charge in [-0.15, -0.1) is 0 Å². The molecule has 0 aliphatic rings. The number of ether oxygens (including phenoxy) is 1. The van der Waals surface area contributed by atoms with Crippen molar-refractivity contribution in [3.63, 3.8) is 0 Å². The number of phenols is 1. The number of nitrogens with zero attached hydrogens (tertiary/aromatic N) is 1. The van der Waals surface area contributed by atoms with E-state index in [9.17, 15) is 19.5 Å². The van der Waals surface area contributed by atoms with Crippen molar-refractivity contribution in [1.29, 1.82) is 0 Å². The Balaban J connectivity index is 2.50. The number of carbonyl (C=O) groups excluding carboxylic acids is 3. The zero-order chi connectivity index (χ0) is 30.7. The third-order valence-corrected chi connectivity index (χ3v) is 7.05. The number of hydrogen-bond acceptors (Lipinski definition) is 5. The Morgan fingerprint density at radius 1 is 0.976 bits per heavy atom. The highest BCUT2D eigenvalue weighted by Gasteiger charge is 2.36. The number of nitrogens with one attached hydrogen (secondary N) is 2. The predicted octanol–water partition coefficient (Wildman–Crippen LogP) is 7.44. The maximum atomic E-state index is 14.0. The number of para-hydroxylation sites is 2. The number of anilines is 1. The van der Waals surface area contributed by atoms with E-state index in [4.69, 9.17) is 16.3 Å². The Bertz CT molecular complexity index is 1170. The van der Waals surface area contributed by atoms with Crippen LogP contribution in [0.4, 0.5) is 10.5 Å². The van der Waals surface area contributed by atoms with E-state index < -0.39 is 35.6 Å². The lowest BCUT2D eigenvalue weighted by atomic mass is 9.98. The first-order valence-corrected chi connectivity index (χ1v) is 14.8. The maximum absolute atomic E-state index is 14.0. The smallest absolute Gasteiger partial charge is 0.408 e. The summed E-state index contributed by atoms with van der Waals surface area (Å²) in [6.45, 7) is 12.7. The van der Waals surface area contributed by atoms with E-state index in [0.29, 0.717) is 22.7 Å². The standard InChI is InChI=1S/C32H46ClN3O5/c1-8-9-10-11-12-13-20-36(30(39)23(4)34-31(40)41-32(5,6)7)27(24-18-14-17-22(3)28(24)37)29(38)35-26-21(2)16-15-19-25(26)33/h14-19,23,27,37H,8-13,20H2,1-7H3,(H,34,40)(H,35,38). The van der Waals surface area contributed by atoms with Gasteiger partial charge in [0.15, 0.2) is 0 Å². The SMILES string of the molecule is CCCCCCCCN(C(=O)C(C)NC(=O)OC(C)(C)C)C(C(=O)Nc1c(C)cccc1Cl)c1cccc(C)c1O. The van der Waals surface area contributed by atoms with Crippen LogP contribution in [-0.4, -0.2) is 46.1 Å². The molecule has 226 valence electrons. The molecule has 0 saturated carbocycles. The van der Waals surface area contributed by atoms with E-state index in [1.165, 1.54) is 4.90 Å². The number of unbranched alkanes of at least 4 members (excludes halogenated alkanes) is 5. The van der Waals surface area contributed by atoms with Gasteiger partial charge in [0, 0.05) is 12.1 Å². The molecule has 8 nitrogen and oxygen atoms in total. The van der Waals surface area contributed by atoms with Crippen LogP contribution in [0.15, 0.2) is 36.4 Å². The van der Waals surface area contributed by atoms with E-state index in [1.54, 1.807) is 65.0 Å². The second-order valence-electron chi connectivity index (χ2n) is 11.5. The van der Waals surface area contributed by atoms with Gasteiger partial charge >= 0.3 is 6.09 Å². The molecule has 0 saturated heterocycles. The molecule has 0 aliphatic heterocycles. The molecule has 9 heteroatoms. The van der Waals surface area contributed by atoms with E-state index in [-0.39, 0.29) is 17.9 Å². The summed E-state index contributed by atoms with van der Waals surface area (Å²) in [5, 5.41) is 16.9. The van der Waals surface area contributed by atoms with Crippen molar-refractivity contribution < 1.29 is 24.2 Å². The van der Waals surface area contributed by atoms with Crippen molar-refractivity contribution in [2.24, 2.45) is 0 Å². The zero-order valence-electron chi connectivity index (χ0n) is 25.5. The molecule has 0 heterocycles. The minimum atomic E-state index is -1.18. The fourth-order valence-electron chi connectivity index (χ4n) is 4.56. The number of carbonyl (C=O) groups is 3. The Morgan fingerprint density at radius 3 is 2.22 bits per heavy atom. The van der Waals surface area contributed by atoms with Crippen molar-refractivity contribution in [3.8, 4) is 5.75 Å².